The van der Waals surface area contributed by atoms with Crippen molar-refractivity contribution in [1.29, 1.82) is 0 Å². The molecule has 2 nitrogen and oxygen atoms in total. The fraction of sp³-hybridized carbons (Fsp3) is 0.308. The molecule has 0 amide bonds. The lowest BCUT2D eigenvalue weighted by Gasteiger charge is -2.24. The molecule has 0 radical (unpaired) electrons. The predicted molar refractivity (Wildman–Crippen MR) is 59.5 cm³/mol. The van der Waals surface area contributed by atoms with Crippen LogP contribution in [0.2, 0.25) is 0 Å². The molecule has 0 unspecified atom stereocenters. The van der Waals surface area contributed by atoms with E-state index in [1.54, 1.807) is 6.08 Å². The zero-order valence-electron chi connectivity index (χ0n) is 8.47. The van der Waals surface area contributed by atoms with E-state index in [1.165, 1.54) is 5.56 Å². The van der Waals surface area contributed by atoms with Crippen molar-refractivity contribution in [2.45, 2.75) is 24.8 Å². The van der Waals surface area contributed by atoms with Gasteiger partial charge < -0.3 is 0 Å². The second-order valence-electron chi connectivity index (χ2n) is 3.75. The first kappa shape index (κ1) is 9.88. The number of isocyanates is 1. The zero-order valence-corrected chi connectivity index (χ0v) is 8.47. The number of hydrogen-bond acceptors (Lipinski definition) is 2. The van der Waals surface area contributed by atoms with Crippen LogP contribution in [-0.2, 0) is 4.79 Å². The van der Waals surface area contributed by atoms with Gasteiger partial charge >= 0.3 is 0 Å². The minimum absolute atomic E-state index is 0.0647. The van der Waals surface area contributed by atoms with Crippen LogP contribution >= 0.6 is 0 Å². The maximum absolute atomic E-state index is 10.3. The van der Waals surface area contributed by atoms with E-state index in [2.05, 4.69) is 29.3 Å². The molecule has 1 aliphatic carbocycles. The van der Waals surface area contributed by atoms with E-state index in [-0.39, 0.29) is 6.04 Å². The summed E-state index contributed by atoms with van der Waals surface area (Å²) in [6.45, 7) is 0. The van der Waals surface area contributed by atoms with Crippen molar-refractivity contribution < 1.29 is 4.79 Å². The first-order chi connectivity index (χ1) is 7.42. The summed E-state index contributed by atoms with van der Waals surface area (Å²) in [6.07, 6.45) is 7.73. The van der Waals surface area contributed by atoms with Crippen LogP contribution in [0.4, 0.5) is 0 Å². The fourth-order valence-corrected chi connectivity index (χ4v) is 2.07. The van der Waals surface area contributed by atoms with Crippen LogP contribution in [0.5, 0.6) is 0 Å². The van der Waals surface area contributed by atoms with Gasteiger partial charge in [-0.15, -0.1) is 0 Å². The second kappa shape index (κ2) is 4.72. The van der Waals surface area contributed by atoms with Crippen LogP contribution in [0.25, 0.3) is 0 Å². The molecule has 0 N–H and O–H groups in total. The highest BCUT2D eigenvalue weighted by Crippen LogP contribution is 2.31. The Morgan fingerprint density at radius 3 is 2.60 bits per heavy atom. The summed E-state index contributed by atoms with van der Waals surface area (Å²) in [5.74, 6) is 0.331. The number of rotatable bonds is 2. The third-order valence-corrected chi connectivity index (χ3v) is 2.84. The standard InChI is InChI=1S/C13H13NO/c15-10-14-13-9-5-4-8-12(13)11-6-2-1-3-7-11/h1-7,12-13H,8-9H2/t12-,13+/m0/s1. The molecule has 0 aliphatic heterocycles. The molecule has 2 heteroatoms. The van der Waals surface area contributed by atoms with Crippen LogP contribution in [0.15, 0.2) is 47.5 Å². The van der Waals surface area contributed by atoms with E-state index in [0.29, 0.717) is 5.92 Å². The Bertz CT molecular complexity index is 390. The Balaban J connectivity index is 2.26. The molecule has 1 aromatic carbocycles. The maximum Gasteiger partial charge on any atom is 0.235 e. The monoisotopic (exact) mass is 199 g/mol. The van der Waals surface area contributed by atoms with E-state index in [0.717, 1.165) is 12.8 Å². The van der Waals surface area contributed by atoms with Gasteiger partial charge in [-0.2, -0.15) is 0 Å². The summed E-state index contributed by atoms with van der Waals surface area (Å²) >= 11 is 0. The molecule has 0 saturated heterocycles. The minimum atomic E-state index is 0.0647. The van der Waals surface area contributed by atoms with Crippen molar-refractivity contribution in [3.63, 3.8) is 0 Å². The Kier molecular flexibility index (Phi) is 3.11. The van der Waals surface area contributed by atoms with E-state index in [1.807, 2.05) is 18.2 Å². The molecule has 1 aliphatic rings. The number of aliphatic imine (C=N–C) groups is 1. The van der Waals surface area contributed by atoms with Crippen LogP contribution in [0, 0.1) is 0 Å². The molecular weight excluding hydrogens is 186 g/mol. The highest BCUT2D eigenvalue weighted by Gasteiger charge is 2.23. The fourth-order valence-electron chi connectivity index (χ4n) is 2.07. The molecule has 0 saturated carbocycles. The molecule has 0 fully saturated rings. The first-order valence-corrected chi connectivity index (χ1v) is 5.18. The third kappa shape index (κ3) is 2.23. The molecule has 0 heterocycles. The van der Waals surface area contributed by atoms with Gasteiger partial charge in [0, 0.05) is 5.92 Å². The van der Waals surface area contributed by atoms with Crippen molar-refractivity contribution in [2.24, 2.45) is 4.99 Å². The predicted octanol–water partition coefficient (Wildman–Crippen LogP) is 2.82. The molecule has 1 aromatic rings. The average Bonchev–Trinajstić information content (AvgIpc) is 2.31. The molecule has 0 aromatic heterocycles. The first-order valence-electron chi connectivity index (χ1n) is 5.18. The van der Waals surface area contributed by atoms with Crippen LogP contribution in [0.3, 0.4) is 0 Å². The molecule has 2 atom stereocenters. The van der Waals surface area contributed by atoms with Gasteiger partial charge in [-0.05, 0) is 18.4 Å². The lowest BCUT2D eigenvalue weighted by atomic mass is 9.84. The van der Waals surface area contributed by atoms with Crippen molar-refractivity contribution >= 4 is 6.08 Å². The van der Waals surface area contributed by atoms with Gasteiger partial charge in [0.05, 0.1) is 6.04 Å². The highest BCUT2D eigenvalue weighted by molar-refractivity contribution is 5.35. The molecular formula is C13H13NO. The van der Waals surface area contributed by atoms with Crippen LogP contribution in [-0.4, -0.2) is 12.1 Å². The van der Waals surface area contributed by atoms with Crippen LogP contribution in [0.1, 0.15) is 24.3 Å². The lowest BCUT2D eigenvalue weighted by molar-refractivity contribution is 0.508. The van der Waals surface area contributed by atoms with Gasteiger partial charge in [-0.1, -0.05) is 42.5 Å². The van der Waals surface area contributed by atoms with Gasteiger partial charge in [-0.3, -0.25) is 0 Å². The summed E-state index contributed by atoms with van der Waals surface area (Å²) in [7, 11) is 0. The number of nitrogens with zero attached hydrogens (tertiary/aromatic N) is 1. The number of benzene rings is 1. The normalized spacial score (nSPS) is 24.5. The van der Waals surface area contributed by atoms with Crippen molar-refractivity contribution in [3.05, 3.63) is 48.0 Å². The Labute approximate surface area is 89.3 Å². The molecule has 0 bridgehead atoms. The number of carbonyl (C=O) groups excluding carboxylic acids is 1. The number of hydrogen-bond donors (Lipinski definition) is 0. The van der Waals surface area contributed by atoms with Crippen LogP contribution < -0.4 is 0 Å². The quantitative estimate of drug-likeness (QED) is 0.409. The summed E-state index contributed by atoms with van der Waals surface area (Å²) < 4.78 is 0. The Morgan fingerprint density at radius 2 is 1.87 bits per heavy atom. The van der Waals surface area contributed by atoms with Gasteiger partial charge in [-0.25, -0.2) is 9.79 Å². The lowest BCUT2D eigenvalue weighted by Crippen LogP contribution is -2.18. The summed E-state index contributed by atoms with van der Waals surface area (Å²) in [4.78, 5) is 14.2. The molecule has 0 spiro atoms. The van der Waals surface area contributed by atoms with Gasteiger partial charge in [0.1, 0.15) is 0 Å². The van der Waals surface area contributed by atoms with E-state index in [4.69, 9.17) is 0 Å². The third-order valence-electron chi connectivity index (χ3n) is 2.84. The molecule has 2 rings (SSSR count). The van der Waals surface area contributed by atoms with E-state index in [9.17, 15) is 4.79 Å². The number of allylic oxidation sites excluding steroid dienone is 1. The summed E-state index contributed by atoms with van der Waals surface area (Å²) in [6, 6.07) is 10.3. The Morgan fingerprint density at radius 1 is 1.13 bits per heavy atom. The summed E-state index contributed by atoms with van der Waals surface area (Å²) in [5, 5.41) is 0. The molecule has 15 heavy (non-hydrogen) atoms. The summed E-state index contributed by atoms with van der Waals surface area (Å²) in [5.41, 5.74) is 1.26. The largest absolute Gasteiger partial charge is 0.235 e. The minimum Gasteiger partial charge on any atom is -0.211 e. The zero-order chi connectivity index (χ0) is 10.5. The highest BCUT2D eigenvalue weighted by atomic mass is 16.1. The topological polar surface area (TPSA) is 29.4 Å². The van der Waals surface area contributed by atoms with Crippen molar-refractivity contribution in [2.75, 3.05) is 0 Å². The smallest absolute Gasteiger partial charge is 0.211 e. The van der Waals surface area contributed by atoms with E-state index >= 15 is 0 Å². The maximum atomic E-state index is 10.3. The second-order valence-corrected chi connectivity index (χ2v) is 3.75. The van der Waals surface area contributed by atoms with Gasteiger partial charge in [0.15, 0.2) is 0 Å². The average molecular weight is 199 g/mol. The van der Waals surface area contributed by atoms with Gasteiger partial charge in [0.25, 0.3) is 0 Å². The van der Waals surface area contributed by atoms with Crippen molar-refractivity contribution in [1.82, 2.24) is 0 Å². The SMILES string of the molecule is O=C=N[C@@H]1CC=CC[C@H]1c1ccccc1. The van der Waals surface area contributed by atoms with E-state index < -0.39 is 0 Å². The van der Waals surface area contributed by atoms with Gasteiger partial charge in [0.2, 0.25) is 6.08 Å². The Hall–Kier alpha value is -1.66. The molecule has 76 valence electrons. The van der Waals surface area contributed by atoms with Crippen molar-refractivity contribution in [3.8, 4) is 0 Å².